The largest absolute Gasteiger partial charge is 0.467 e. The van der Waals surface area contributed by atoms with Gasteiger partial charge in [-0.05, 0) is 53.3 Å². The first-order valence-electron chi connectivity index (χ1n) is 15.5. The number of likely N-dealkylation sites (tertiary alicyclic amines) is 1. The van der Waals surface area contributed by atoms with Gasteiger partial charge in [-0.3, -0.25) is 9.59 Å². The highest BCUT2D eigenvalue weighted by molar-refractivity contribution is 5.81. The molecule has 1 saturated heterocycles. The summed E-state index contributed by atoms with van der Waals surface area (Å²) < 4.78 is 24.5. The van der Waals surface area contributed by atoms with Crippen molar-refractivity contribution in [3.05, 3.63) is 114 Å². The van der Waals surface area contributed by atoms with E-state index >= 15 is 0 Å². The number of nitrogens with one attached hydrogen (secondary N) is 2. The summed E-state index contributed by atoms with van der Waals surface area (Å²) in [6, 6.07) is 25.2. The number of rotatable bonds is 11. The Bertz CT molecular complexity index is 1660. The fourth-order valence-corrected chi connectivity index (χ4v) is 5.90. The van der Waals surface area contributed by atoms with Gasteiger partial charge in [-0.15, -0.1) is 0 Å². The van der Waals surface area contributed by atoms with Crippen molar-refractivity contribution in [3.63, 3.8) is 0 Å². The summed E-state index contributed by atoms with van der Waals surface area (Å²) in [6.07, 6.45) is 2.09. The first-order valence-corrected chi connectivity index (χ1v) is 15.5. The van der Waals surface area contributed by atoms with Gasteiger partial charge in [0.05, 0.1) is 25.3 Å². The minimum atomic E-state index is -0.663. The number of carbonyl (C=O) groups is 3. The third-order valence-electron chi connectivity index (χ3n) is 8.58. The van der Waals surface area contributed by atoms with E-state index in [0.717, 1.165) is 22.3 Å². The zero-order valence-corrected chi connectivity index (χ0v) is 26.4. The lowest BCUT2D eigenvalue weighted by Gasteiger charge is -2.41. The molecule has 0 saturated carbocycles. The maximum atomic E-state index is 13.9. The van der Waals surface area contributed by atoms with Gasteiger partial charge in [0, 0.05) is 38.2 Å². The zero-order valence-electron chi connectivity index (χ0n) is 26.4. The first-order chi connectivity index (χ1) is 22.8. The van der Waals surface area contributed by atoms with Crippen LogP contribution in [0.4, 0.5) is 9.18 Å². The molecule has 0 aliphatic carbocycles. The van der Waals surface area contributed by atoms with Crippen LogP contribution < -0.4 is 15.4 Å². The monoisotopic (exact) mass is 639 g/mol. The van der Waals surface area contributed by atoms with Crippen molar-refractivity contribution in [1.29, 1.82) is 0 Å². The maximum Gasteiger partial charge on any atom is 0.410 e. The van der Waals surface area contributed by atoms with Gasteiger partial charge >= 0.3 is 12.1 Å². The smallest absolute Gasteiger partial charge is 0.410 e. The van der Waals surface area contributed by atoms with Gasteiger partial charge in [-0.25, -0.2) is 14.2 Å². The fourth-order valence-electron chi connectivity index (χ4n) is 5.90. The van der Waals surface area contributed by atoms with Crippen molar-refractivity contribution in [2.75, 3.05) is 27.2 Å². The molecule has 4 aromatic rings. The first kappa shape index (κ1) is 33.1. The molecule has 2 heterocycles. The lowest BCUT2D eigenvalue weighted by Crippen LogP contribution is -2.47. The molecule has 0 bridgehead atoms. The number of carbonyl (C=O) groups excluding carboxylic acids is 3. The number of hydrogen-bond donors (Lipinski definition) is 2. The van der Waals surface area contributed by atoms with Crippen LogP contribution in [0.5, 0.6) is 6.01 Å². The quantitative estimate of drug-likeness (QED) is 0.227. The van der Waals surface area contributed by atoms with Crippen molar-refractivity contribution in [3.8, 4) is 17.1 Å². The molecule has 1 atom stereocenters. The van der Waals surface area contributed by atoms with E-state index in [1.807, 2.05) is 54.6 Å². The Balaban J connectivity index is 1.29. The van der Waals surface area contributed by atoms with Crippen molar-refractivity contribution in [2.45, 2.75) is 43.7 Å². The standard InChI is InChI=1S/C36H38FN5O5/c1-38-32(43)22-31(27-10-8-26(9-11-27)25-6-4-3-5-7-25)41-33(44)23-36(28-12-14-29(37)15-13-28)17-20-42(21-18-36)35(45)47-24-30-16-19-39-34(40-30)46-2/h3-16,19,31H,17-18,20-24H2,1-2H3,(H,38,43)(H,41,44). The van der Waals surface area contributed by atoms with Crippen LogP contribution in [0, 0.1) is 5.82 Å². The van der Waals surface area contributed by atoms with Gasteiger partial charge in [-0.2, -0.15) is 4.98 Å². The molecule has 1 fully saturated rings. The summed E-state index contributed by atoms with van der Waals surface area (Å²) in [5.74, 6) is -0.827. The van der Waals surface area contributed by atoms with E-state index in [4.69, 9.17) is 9.47 Å². The normalized spacial score (nSPS) is 14.5. The summed E-state index contributed by atoms with van der Waals surface area (Å²) in [6.45, 7) is 0.622. The maximum absolute atomic E-state index is 13.9. The molecular weight excluding hydrogens is 601 g/mol. The molecule has 1 unspecified atom stereocenters. The third-order valence-corrected chi connectivity index (χ3v) is 8.58. The molecule has 11 heteroatoms. The van der Waals surface area contributed by atoms with Gasteiger partial charge in [0.2, 0.25) is 11.8 Å². The SMILES string of the molecule is CNC(=O)CC(NC(=O)CC1(c2ccc(F)cc2)CCN(C(=O)OCc2ccnc(OC)n2)CC1)c1ccc(-c2ccccc2)cc1. The summed E-state index contributed by atoms with van der Waals surface area (Å²) in [5, 5.41) is 5.74. The molecular formula is C36H38FN5O5. The number of ether oxygens (including phenoxy) is 2. The lowest BCUT2D eigenvalue weighted by molar-refractivity contribution is -0.124. The minimum Gasteiger partial charge on any atom is -0.467 e. The Hall–Kier alpha value is -5.32. The molecule has 47 heavy (non-hydrogen) atoms. The Morgan fingerprint density at radius 3 is 2.26 bits per heavy atom. The van der Waals surface area contributed by atoms with Crippen LogP contribution in [0.25, 0.3) is 11.1 Å². The molecule has 10 nitrogen and oxygen atoms in total. The van der Waals surface area contributed by atoms with Gasteiger partial charge in [0.15, 0.2) is 0 Å². The van der Waals surface area contributed by atoms with Crippen LogP contribution >= 0.6 is 0 Å². The lowest BCUT2D eigenvalue weighted by atomic mass is 9.70. The summed E-state index contributed by atoms with van der Waals surface area (Å²) >= 11 is 0. The number of hydrogen-bond acceptors (Lipinski definition) is 7. The van der Waals surface area contributed by atoms with Crippen LogP contribution in [-0.4, -0.2) is 60.0 Å². The Labute approximate surface area is 273 Å². The number of methoxy groups -OCH3 is 1. The predicted molar refractivity (Wildman–Crippen MR) is 174 cm³/mol. The van der Waals surface area contributed by atoms with Gasteiger partial charge in [0.1, 0.15) is 12.4 Å². The second-order valence-electron chi connectivity index (χ2n) is 11.5. The number of amides is 3. The molecule has 2 N–H and O–H groups in total. The van der Waals surface area contributed by atoms with Crippen LogP contribution in [0.2, 0.25) is 0 Å². The fraction of sp³-hybridized carbons (Fsp3) is 0.306. The average molecular weight is 640 g/mol. The van der Waals surface area contributed by atoms with Crippen LogP contribution in [0.15, 0.2) is 91.1 Å². The molecule has 3 aromatic carbocycles. The van der Waals surface area contributed by atoms with Crippen LogP contribution in [0.3, 0.4) is 0 Å². The van der Waals surface area contributed by atoms with E-state index in [1.165, 1.54) is 25.4 Å². The zero-order chi connectivity index (χ0) is 33.2. The Kier molecular flexibility index (Phi) is 10.8. The second-order valence-corrected chi connectivity index (χ2v) is 11.5. The molecule has 3 amide bonds. The minimum absolute atomic E-state index is 0.0429. The molecule has 0 spiro atoms. The number of nitrogens with zero attached hydrogens (tertiary/aromatic N) is 3. The van der Waals surface area contributed by atoms with E-state index in [-0.39, 0.29) is 43.1 Å². The van der Waals surface area contributed by atoms with Crippen molar-refractivity contribution >= 4 is 17.9 Å². The molecule has 1 aromatic heterocycles. The van der Waals surface area contributed by atoms with E-state index < -0.39 is 17.6 Å². The summed E-state index contributed by atoms with van der Waals surface area (Å²) in [5.41, 5.74) is 3.54. The summed E-state index contributed by atoms with van der Waals surface area (Å²) in [4.78, 5) is 48.9. The van der Waals surface area contributed by atoms with Gasteiger partial charge in [0.25, 0.3) is 0 Å². The predicted octanol–water partition coefficient (Wildman–Crippen LogP) is 5.35. The Morgan fingerprint density at radius 1 is 0.915 bits per heavy atom. The topological polar surface area (TPSA) is 123 Å². The van der Waals surface area contributed by atoms with Crippen molar-refractivity contribution < 1.29 is 28.2 Å². The Morgan fingerprint density at radius 2 is 1.60 bits per heavy atom. The highest BCUT2D eigenvalue weighted by Gasteiger charge is 2.40. The summed E-state index contributed by atoms with van der Waals surface area (Å²) in [7, 11) is 3.02. The average Bonchev–Trinajstić information content (AvgIpc) is 3.11. The van der Waals surface area contributed by atoms with Crippen LogP contribution in [0.1, 0.15) is 48.5 Å². The molecule has 5 rings (SSSR count). The second kappa shape index (κ2) is 15.3. The van der Waals surface area contributed by atoms with Crippen molar-refractivity contribution in [2.24, 2.45) is 0 Å². The van der Waals surface area contributed by atoms with E-state index in [2.05, 4.69) is 20.6 Å². The van der Waals surface area contributed by atoms with Crippen LogP contribution in [-0.2, 0) is 26.3 Å². The molecule has 0 radical (unpaired) electrons. The van der Waals surface area contributed by atoms with E-state index in [0.29, 0.717) is 31.6 Å². The van der Waals surface area contributed by atoms with E-state index in [9.17, 15) is 18.8 Å². The molecule has 1 aliphatic rings. The highest BCUT2D eigenvalue weighted by atomic mass is 19.1. The third kappa shape index (κ3) is 8.49. The highest BCUT2D eigenvalue weighted by Crippen LogP contribution is 2.39. The van der Waals surface area contributed by atoms with Gasteiger partial charge in [-0.1, -0.05) is 66.7 Å². The van der Waals surface area contributed by atoms with Gasteiger partial charge < -0.3 is 25.0 Å². The number of halogens is 1. The number of piperidine rings is 1. The number of aromatic nitrogens is 2. The van der Waals surface area contributed by atoms with Crippen molar-refractivity contribution in [1.82, 2.24) is 25.5 Å². The molecule has 244 valence electrons. The number of benzene rings is 3. The molecule has 1 aliphatic heterocycles. The van der Waals surface area contributed by atoms with E-state index in [1.54, 1.807) is 30.1 Å².